The van der Waals surface area contributed by atoms with Gasteiger partial charge in [0.15, 0.2) is 0 Å². The van der Waals surface area contributed by atoms with Crippen LogP contribution in [-0.2, 0) is 4.79 Å². The Balaban J connectivity index is 1.75. The number of nitrogens with zero attached hydrogens (tertiary/aromatic N) is 1. The first-order chi connectivity index (χ1) is 13.7. The molecule has 0 bridgehead atoms. The Morgan fingerprint density at radius 3 is 2.93 bits per heavy atom. The summed E-state index contributed by atoms with van der Waals surface area (Å²) in [4.78, 5) is 15.9. The summed E-state index contributed by atoms with van der Waals surface area (Å²) in [6.07, 6.45) is 3.47. The van der Waals surface area contributed by atoms with Gasteiger partial charge in [0.1, 0.15) is 11.9 Å². The maximum Gasteiger partial charge on any atom is 0.228 e. The number of benzene rings is 1. The molecule has 0 aliphatic carbocycles. The molecule has 1 amide bonds. The van der Waals surface area contributed by atoms with Crippen LogP contribution in [0.4, 0.5) is 11.4 Å². The van der Waals surface area contributed by atoms with Crippen molar-refractivity contribution < 1.29 is 9.53 Å². The first-order valence-electron chi connectivity index (χ1n) is 10.2. The third kappa shape index (κ3) is 4.86. The highest BCUT2D eigenvalue weighted by Gasteiger charge is 2.24. The van der Waals surface area contributed by atoms with Gasteiger partial charge in [0.05, 0.1) is 10.6 Å². The van der Waals surface area contributed by atoms with Crippen LogP contribution in [0.3, 0.4) is 0 Å². The van der Waals surface area contributed by atoms with E-state index in [4.69, 9.17) is 4.74 Å². The average Bonchev–Trinajstić information content (AvgIpc) is 3.10. The van der Waals surface area contributed by atoms with Crippen LogP contribution in [-0.4, -0.2) is 32.1 Å². The van der Waals surface area contributed by atoms with E-state index in [1.807, 2.05) is 36.2 Å². The summed E-state index contributed by atoms with van der Waals surface area (Å²) in [5, 5.41) is 8.74. The van der Waals surface area contributed by atoms with Crippen LogP contribution in [0.5, 0.6) is 5.75 Å². The monoisotopic (exact) mass is 401 g/mol. The van der Waals surface area contributed by atoms with Crippen molar-refractivity contribution >= 4 is 28.6 Å². The second kappa shape index (κ2) is 9.94. The predicted molar refractivity (Wildman–Crippen MR) is 118 cm³/mol. The van der Waals surface area contributed by atoms with Gasteiger partial charge in [-0.3, -0.25) is 4.79 Å². The zero-order chi connectivity index (χ0) is 19.9. The van der Waals surface area contributed by atoms with Crippen molar-refractivity contribution in [2.75, 3.05) is 30.4 Å². The molecule has 0 spiro atoms. The fourth-order valence-electron chi connectivity index (χ4n) is 3.77. The fraction of sp³-hybridized carbons (Fsp3) is 0.500. The standard InChI is InChI=1S/C22H31N3O2S/c1-4-20(22-19(23-3)11-13-28-22)27-18-10-6-9-17(15-18)25-12-7-8-16(24-5-2)14-21(25)26/h6,9-11,13,15-16,20,23-24H,4-5,7-8,12,14H2,1-3H3/t16-,20-/m0/s1. The maximum atomic E-state index is 12.8. The molecule has 6 heteroatoms. The molecule has 3 rings (SSSR count). The summed E-state index contributed by atoms with van der Waals surface area (Å²) in [6, 6.07) is 10.3. The molecule has 1 aromatic carbocycles. The zero-order valence-electron chi connectivity index (χ0n) is 17.0. The topological polar surface area (TPSA) is 53.6 Å². The maximum absolute atomic E-state index is 12.8. The lowest BCUT2D eigenvalue weighted by Crippen LogP contribution is -2.34. The van der Waals surface area contributed by atoms with Crippen LogP contribution < -0.4 is 20.3 Å². The summed E-state index contributed by atoms with van der Waals surface area (Å²) in [6.45, 7) is 5.88. The molecule has 2 atom stereocenters. The molecule has 5 nitrogen and oxygen atoms in total. The van der Waals surface area contributed by atoms with Crippen LogP contribution in [0.15, 0.2) is 35.7 Å². The van der Waals surface area contributed by atoms with Crippen molar-refractivity contribution in [3.8, 4) is 5.75 Å². The molecule has 1 aromatic heterocycles. The largest absolute Gasteiger partial charge is 0.485 e. The Bertz CT molecular complexity index is 777. The number of amides is 1. The van der Waals surface area contributed by atoms with Gasteiger partial charge in [0, 0.05) is 37.8 Å². The van der Waals surface area contributed by atoms with E-state index in [-0.39, 0.29) is 18.1 Å². The summed E-state index contributed by atoms with van der Waals surface area (Å²) in [5.74, 6) is 0.989. The average molecular weight is 402 g/mol. The van der Waals surface area contributed by atoms with E-state index in [2.05, 4.69) is 35.9 Å². The number of carbonyl (C=O) groups excluding carboxylic acids is 1. The second-order valence-corrected chi connectivity index (χ2v) is 8.05. The lowest BCUT2D eigenvalue weighted by Gasteiger charge is -2.23. The van der Waals surface area contributed by atoms with Crippen molar-refractivity contribution in [1.29, 1.82) is 0 Å². The molecule has 2 N–H and O–H groups in total. The summed E-state index contributed by atoms with van der Waals surface area (Å²) >= 11 is 1.71. The number of rotatable bonds is 8. The Hall–Kier alpha value is -2.05. The highest BCUT2D eigenvalue weighted by molar-refractivity contribution is 7.10. The molecule has 1 saturated heterocycles. The minimum atomic E-state index is -0.00401. The smallest absolute Gasteiger partial charge is 0.228 e. The molecule has 2 aromatic rings. The van der Waals surface area contributed by atoms with Gasteiger partial charge in [-0.05, 0) is 49.4 Å². The number of nitrogens with one attached hydrogen (secondary N) is 2. The lowest BCUT2D eigenvalue weighted by molar-refractivity contribution is -0.118. The highest BCUT2D eigenvalue weighted by atomic mass is 32.1. The summed E-state index contributed by atoms with van der Waals surface area (Å²) < 4.78 is 6.33. The summed E-state index contributed by atoms with van der Waals surface area (Å²) in [7, 11) is 1.94. The Labute approximate surface area is 172 Å². The number of thiophene rings is 1. The van der Waals surface area contributed by atoms with Gasteiger partial charge in [-0.25, -0.2) is 0 Å². The number of ether oxygens (including phenoxy) is 1. The molecule has 0 radical (unpaired) electrons. The van der Waals surface area contributed by atoms with Gasteiger partial charge < -0.3 is 20.3 Å². The van der Waals surface area contributed by atoms with E-state index in [9.17, 15) is 4.79 Å². The Morgan fingerprint density at radius 1 is 1.32 bits per heavy atom. The van der Waals surface area contributed by atoms with E-state index >= 15 is 0 Å². The third-order valence-corrected chi connectivity index (χ3v) is 6.19. The van der Waals surface area contributed by atoms with E-state index in [1.54, 1.807) is 11.3 Å². The van der Waals surface area contributed by atoms with Gasteiger partial charge in [0.2, 0.25) is 5.91 Å². The molecule has 1 aliphatic rings. The van der Waals surface area contributed by atoms with E-state index in [0.717, 1.165) is 49.5 Å². The Kier molecular flexibility index (Phi) is 7.34. The van der Waals surface area contributed by atoms with Crippen LogP contribution in [0.2, 0.25) is 0 Å². The van der Waals surface area contributed by atoms with Gasteiger partial charge in [-0.2, -0.15) is 0 Å². The minimum absolute atomic E-state index is 0.00401. The first kappa shape index (κ1) is 20.7. The van der Waals surface area contributed by atoms with E-state index in [0.29, 0.717) is 6.42 Å². The van der Waals surface area contributed by atoms with E-state index in [1.165, 1.54) is 4.88 Å². The summed E-state index contributed by atoms with van der Waals surface area (Å²) in [5.41, 5.74) is 2.04. The lowest BCUT2D eigenvalue weighted by atomic mass is 10.1. The molecule has 2 heterocycles. The van der Waals surface area contributed by atoms with Gasteiger partial charge >= 0.3 is 0 Å². The number of carbonyl (C=O) groups is 1. The minimum Gasteiger partial charge on any atom is -0.485 e. The Morgan fingerprint density at radius 2 is 2.18 bits per heavy atom. The molecule has 1 aliphatic heterocycles. The third-order valence-electron chi connectivity index (χ3n) is 5.18. The van der Waals surface area contributed by atoms with Crippen molar-refractivity contribution in [2.45, 2.75) is 51.7 Å². The zero-order valence-corrected chi connectivity index (χ0v) is 17.8. The molecule has 28 heavy (non-hydrogen) atoms. The van der Waals surface area contributed by atoms with E-state index < -0.39 is 0 Å². The molecular weight excluding hydrogens is 370 g/mol. The number of hydrogen-bond donors (Lipinski definition) is 2. The van der Waals surface area contributed by atoms with Crippen LogP contribution in [0.25, 0.3) is 0 Å². The van der Waals surface area contributed by atoms with Crippen molar-refractivity contribution in [1.82, 2.24) is 5.32 Å². The molecule has 152 valence electrons. The SMILES string of the molecule is CCN[C@H]1CCCN(c2cccc(O[C@@H](CC)c3sccc3NC)c2)C(=O)C1. The quantitative estimate of drug-likeness (QED) is 0.666. The van der Waals surface area contributed by atoms with Crippen molar-refractivity contribution in [3.63, 3.8) is 0 Å². The molecule has 1 fully saturated rings. The van der Waals surface area contributed by atoms with Gasteiger partial charge in [0.25, 0.3) is 0 Å². The van der Waals surface area contributed by atoms with Gasteiger partial charge in [-0.15, -0.1) is 11.3 Å². The normalized spacial score (nSPS) is 18.6. The molecule has 0 saturated carbocycles. The highest BCUT2D eigenvalue weighted by Crippen LogP contribution is 2.35. The van der Waals surface area contributed by atoms with Gasteiger partial charge in [-0.1, -0.05) is 19.9 Å². The number of hydrogen-bond acceptors (Lipinski definition) is 5. The first-order valence-corrected chi connectivity index (χ1v) is 11.1. The van der Waals surface area contributed by atoms with Crippen molar-refractivity contribution in [2.24, 2.45) is 0 Å². The van der Waals surface area contributed by atoms with Crippen LogP contribution in [0, 0.1) is 0 Å². The van der Waals surface area contributed by atoms with Crippen molar-refractivity contribution in [3.05, 3.63) is 40.6 Å². The molecule has 0 unspecified atom stereocenters. The predicted octanol–water partition coefficient (Wildman–Crippen LogP) is 4.81. The molecular formula is C22H31N3O2S. The fourth-order valence-corrected chi connectivity index (χ4v) is 4.78. The number of anilines is 2. The second-order valence-electron chi connectivity index (χ2n) is 7.11. The van der Waals surface area contributed by atoms with Crippen LogP contribution >= 0.6 is 11.3 Å². The van der Waals surface area contributed by atoms with Crippen LogP contribution in [0.1, 0.15) is 50.5 Å².